The van der Waals surface area contributed by atoms with Gasteiger partial charge in [0.1, 0.15) is 6.10 Å². The average molecular weight is 192 g/mol. The van der Waals surface area contributed by atoms with E-state index in [0.717, 1.165) is 0 Å². The number of Topliss-reactive ketones (excluding diaryl/α,β-unsaturated/α-hetero) is 1. The molecule has 2 N–H and O–H groups in total. The highest BCUT2D eigenvalue weighted by Gasteiger charge is 2.08. The highest BCUT2D eigenvalue weighted by atomic mass is 16.5. The molecule has 0 fully saturated rings. The van der Waals surface area contributed by atoms with Gasteiger partial charge >= 0.3 is 0 Å². The minimum atomic E-state index is -1.04. The van der Waals surface area contributed by atoms with Gasteiger partial charge in [-0.15, -0.1) is 0 Å². The molecule has 5 heteroatoms. The molecule has 0 saturated carbocycles. The van der Waals surface area contributed by atoms with Crippen molar-refractivity contribution < 1.29 is 24.5 Å². The number of aliphatic hydroxyl groups excluding tert-OH is 2. The van der Waals surface area contributed by atoms with E-state index in [9.17, 15) is 4.79 Å². The molecule has 0 bridgehead atoms. The Balaban J connectivity index is 3.11. The summed E-state index contributed by atoms with van der Waals surface area (Å²) < 4.78 is 9.81. The van der Waals surface area contributed by atoms with Crippen molar-refractivity contribution in [2.45, 2.75) is 13.0 Å². The first kappa shape index (κ1) is 12.5. The minimum Gasteiger partial charge on any atom is -0.394 e. The van der Waals surface area contributed by atoms with Crippen LogP contribution in [-0.2, 0) is 14.3 Å². The van der Waals surface area contributed by atoms with Crippen molar-refractivity contribution in [1.82, 2.24) is 0 Å². The van der Waals surface area contributed by atoms with E-state index < -0.39 is 6.10 Å². The van der Waals surface area contributed by atoms with Gasteiger partial charge in [0.2, 0.25) is 0 Å². The number of hydrogen-bond donors (Lipinski definition) is 2. The van der Waals surface area contributed by atoms with E-state index in [0.29, 0.717) is 13.2 Å². The van der Waals surface area contributed by atoms with Gasteiger partial charge in [0, 0.05) is 0 Å². The average Bonchev–Trinajstić information content (AvgIpc) is 2.10. The fraction of sp³-hybridized carbons (Fsp3) is 0.875. The maximum absolute atomic E-state index is 10.5. The molecule has 0 radical (unpaired) electrons. The predicted octanol–water partition coefficient (Wildman–Crippen LogP) is -1.04. The van der Waals surface area contributed by atoms with Crippen molar-refractivity contribution in [2.24, 2.45) is 0 Å². The van der Waals surface area contributed by atoms with Gasteiger partial charge in [-0.05, 0) is 6.92 Å². The number of aliphatic hydroxyl groups is 2. The van der Waals surface area contributed by atoms with Crippen molar-refractivity contribution >= 4 is 5.78 Å². The molecule has 0 aromatic rings. The third kappa shape index (κ3) is 7.86. The zero-order chi connectivity index (χ0) is 10.1. The standard InChI is InChI=1S/C8H16O5/c1-7(10)8(11)6-13-5-4-12-3-2-9/h8-9,11H,2-6H2,1H3/t8-/m0/s1. The zero-order valence-corrected chi connectivity index (χ0v) is 7.73. The van der Waals surface area contributed by atoms with Crippen LogP contribution in [0.2, 0.25) is 0 Å². The lowest BCUT2D eigenvalue weighted by Crippen LogP contribution is -2.24. The smallest absolute Gasteiger partial charge is 0.160 e. The summed E-state index contributed by atoms with van der Waals surface area (Å²) in [6.45, 7) is 2.22. The molecule has 78 valence electrons. The summed E-state index contributed by atoms with van der Waals surface area (Å²) in [7, 11) is 0. The first-order valence-electron chi connectivity index (χ1n) is 4.13. The Kier molecular flexibility index (Phi) is 7.82. The first-order valence-corrected chi connectivity index (χ1v) is 4.13. The SMILES string of the molecule is CC(=O)[C@@H](O)COCCOCCO. The highest BCUT2D eigenvalue weighted by Crippen LogP contribution is 1.87. The Morgan fingerprint density at radius 3 is 2.46 bits per heavy atom. The highest BCUT2D eigenvalue weighted by molar-refractivity contribution is 5.80. The quantitative estimate of drug-likeness (QED) is 0.480. The largest absolute Gasteiger partial charge is 0.394 e. The van der Waals surface area contributed by atoms with Crippen LogP contribution < -0.4 is 0 Å². The van der Waals surface area contributed by atoms with Crippen molar-refractivity contribution in [2.75, 3.05) is 33.0 Å². The summed E-state index contributed by atoms with van der Waals surface area (Å²) in [5.74, 6) is -0.309. The van der Waals surface area contributed by atoms with Gasteiger partial charge in [-0.25, -0.2) is 0 Å². The fourth-order valence-electron chi connectivity index (χ4n) is 0.597. The Hall–Kier alpha value is -0.490. The van der Waals surface area contributed by atoms with E-state index in [1.807, 2.05) is 0 Å². The van der Waals surface area contributed by atoms with Crippen LogP contribution in [0.4, 0.5) is 0 Å². The number of hydrogen-bond acceptors (Lipinski definition) is 5. The molecule has 0 aromatic heterocycles. The summed E-state index contributed by atoms with van der Waals surface area (Å²) in [5, 5.41) is 17.3. The summed E-state index contributed by atoms with van der Waals surface area (Å²) in [4.78, 5) is 10.5. The van der Waals surface area contributed by atoms with Gasteiger partial charge in [0.05, 0.1) is 33.0 Å². The molecule has 0 unspecified atom stereocenters. The summed E-state index contributed by atoms with van der Waals surface area (Å²) in [6.07, 6.45) is -1.04. The van der Waals surface area contributed by atoms with Gasteiger partial charge in [-0.1, -0.05) is 0 Å². The van der Waals surface area contributed by atoms with Crippen LogP contribution in [0, 0.1) is 0 Å². The van der Waals surface area contributed by atoms with E-state index in [4.69, 9.17) is 19.7 Å². The molecule has 0 spiro atoms. The van der Waals surface area contributed by atoms with Crippen molar-refractivity contribution in [3.63, 3.8) is 0 Å². The Labute approximate surface area is 77.3 Å². The van der Waals surface area contributed by atoms with Crippen molar-refractivity contribution in [3.8, 4) is 0 Å². The first-order chi connectivity index (χ1) is 6.18. The van der Waals surface area contributed by atoms with E-state index in [1.165, 1.54) is 6.92 Å². The van der Waals surface area contributed by atoms with E-state index >= 15 is 0 Å². The summed E-state index contributed by atoms with van der Waals surface area (Å²) in [6, 6.07) is 0. The van der Waals surface area contributed by atoms with Crippen molar-refractivity contribution in [3.05, 3.63) is 0 Å². The van der Waals surface area contributed by atoms with Crippen LogP contribution in [0.3, 0.4) is 0 Å². The molecule has 0 aromatic carbocycles. The molecule has 13 heavy (non-hydrogen) atoms. The summed E-state index contributed by atoms with van der Waals surface area (Å²) in [5.41, 5.74) is 0. The van der Waals surface area contributed by atoms with Gasteiger partial charge in [0.25, 0.3) is 0 Å². The normalized spacial score (nSPS) is 12.8. The molecular formula is C8H16O5. The van der Waals surface area contributed by atoms with Crippen LogP contribution in [0.1, 0.15) is 6.92 Å². The number of carbonyl (C=O) groups is 1. The number of ether oxygens (including phenoxy) is 2. The van der Waals surface area contributed by atoms with Crippen LogP contribution in [0.5, 0.6) is 0 Å². The second kappa shape index (κ2) is 8.12. The van der Waals surface area contributed by atoms with Gasteiger partial charge in [-0.3, -0.25) is 4.79 Å². The van der Waals surface area contributed by atoms with Crippen LogP contribution in [0.25, 0.3) is 0 Å². The molecule has 0 saturated heterocycles. The topological polar surface area (TPSA) is 76.0 Å². The molecule has 0 amide bonds. The fourth-order valence-corrected chi connectivity index (χ4v) is 0.597. The maximum Gasteiger partial charge on any atom is 0.160 e. The van der Waals surface area contributed by atoms with Crippen LogP contribution in [0.15, 0.2) is 0 Å². The Bertz CT molecular complexity index is 136. The third-order valence-electron chi connectivity index (χ3n) is 1.35. The van der Waals surface area contributed by atoms with E-state index in [-0.39, 0.29) is 25.6 Å². The molecule has 1 atom stereocenters. The third-order valence-corrected chi connectivity index (χ3v) is 1.35. The van der Waals surface area contributed by atoms with Crippen LogP contribution >= 0.6 is 0 Å². The second-order valence-corrected chi connectivity index (χ2v) is 2.54. The van der Waals surface area contributed by atoms with E-state index in [2.05, 4.69) is 0 Å². The number of carbonyl (C=O) groups excluding carboxylic acids is 1. The number of rotatable bonds is 8. The van der Waals surface area contributed by atoms with E-state index in [1.54, 1.807) is 0 Å². The molecular weight excluding hydrogens is 176 g/mol. The summed E-state index contributed by atoms with van der Waals surface area (Å²) >= 11 is 0. The lowest BCUT2D eigenvalue weighted by atomic mass is 10.3. The Morgan fingerprint density at radius 2 is 1.92 bits per heavy atom. The number of ketones is 1. The van der Waals surface area contributed by atoms with Crippen molar-refractivity contribution in [1.29, 1.82) is 0 Å². The molecule has 0 aliphatic rings. The maximum atomic E-state index is 10.5. The lowest BCUT2D eigenvalue weighted by molar-refractivity contribution is -0.128. The van der Waals surface area contributed by atoms with Gasteiger partial charge in [0.15, 0.2) is 5.78 Å². The minimum absolute atomic E-state index is 0.00216. The van der Waals surface area contributed by atoms with Gasteiger partial charge in [-0.2, -0.15) is 0 Å². The van der Waals surface area contributed by atoms with Crippen LogP contribution in [-0.4, -0.2) is 55.1 Å². The molecule has 5 nitrogen and oxygen atoms in total. The molecule has 0 rings (SSSR count). The predicted molar refractivity (Wildman–Crippen MR) is 45.4 cm³/mol. The molecule has 0 aliphatic carbocycles. The lowest BCUT2D eigenvalue weighted by Gasteiger charge is -2.07. The monoisotopic (exact) mass is 192 g/mol. The molecule has 0 aliphatic heterocycles. The second-order valence-electron chi connectivity index (χ2n) is 2.54. The molecule has 0 heterocycles. The zero-order valence-electron chi connectivity index (χ0n) is 7.73. The Morgan fingerprint density at radius 1 is 1.31 bits per heavy atom. The van der Waals surface area contributed by atoms with Gasteiger partial charge < -0.3 is 19.7 Å².